The summed E-state index contributed by atoms with van der Waals surface area (Å²) in [6, 6.07) is 21.8. The first kappa shape index (κ1) is 28.7. The number of ether oxygens (including phenoxy) is 1. The van der Waals surface area contributed by atoms with Crippen LogP contribution in [0.15, 0.2) is 83.8 Å². The zero-order valence-corrected chi connectivity index (χ0v) is 23.1. The Bertz CT molecular complexity index is 1310. The van der Waals surface area contributed by atoms with Gasteiger partial charge in [-0.25, -0.2) is 8.42 Å². The van der Waals surface area contributed by atoms with Crippen molar-refractivity contribution >= 4 is 27.5 Å². The molecule has 2 amide bonds. The summed E-state index contributed by atoms with van der Waals surface area (Å²) in [6.07, 6.45) is 0.520. The van der Waals surface area contributed by atoms with Crippen LogP contribution in [-0.4, -0.2) is 57.9 Å². The molecular weight excluding hydrogens is 502 g/mol. The molecule has 202 valence electrons. The molecule has 0 aliphatic carbocycles. The number of sulfonamides is 1. The van der Waals surface area contributed by atoms with Crippen molar-refractivity contribution in [3.05, 3.63) is 90.0 Å². The normalized spacial score (nSPS) is 11.9. The SMILES string of the molecule is CCNC(=O)[C@H](C)N(CCc1ccccc1)C(=O)CN(c1ccc(C)cc1)S(=O)(=O)c1ccc(OC)cc1. The molecule has 0 aliphatic rings. The van der Waals surface area contributed by atoms with E-state index in [4.69, 9.17) is 4.74 Å². The fourth-order valence-corrected chi connectivity index (χ4v) is 5.42. The Labute approximate surface area is 225 Å². The fraction of sp³-hybridized carbons (Fsp3) is 0.310. The second-order valence-electron chi connectivity index (χ2n) is 8.92. The molecular formula is C29H35N3O5S. The maximum atomic E-state index is 13.8. The highest BCUT2D eigenvalue weighted by atomic mass is 32.2. The van der Waals surface area contributed by atoms with Gasteiger partial charge in [-0.2, -0.15) is 0 Å². The van der Waals surface area contributed by atoms with Gasteiger partial charge in [-0.15, -0.1) is 0 Å². The molecule has 0 saturated heterocycles. The minimum atomic E-state index is -4.11. The summed E-state index contributed by atoms with van der Waals surface area (Å²) in [5.41, 5.74) is 2.32. The number of anilines is 1. The molecule has 0 bridgehead atoms. The number of carbonyl (C=O) groups is 2. The summed E-state index contributed by atoms with van der Waals surface area (Å²) in [5.74, 6) is -0.254. The molecule has 38 heavy (non-hydrogen) atoms. The zero-order chi connectivity index (χ0) is 27.7. The standard InChI is InChI=1S/C29H35N3O5S/c1-5-30-29(34)23(3)31(20-19-24-9-7-6-8-10-24)28(33)21-32(25-13-11-22(2)12-14-25)38(35,36)27-17-15-26(37-4)16-18-27/h6-18,23H,5,19-21H2,1-4H3,(H,30,34)/t23-/m0/s1. The van der Waals surface area contributed by atoms with E-state index >= 15 is 0 Å². The Kier molecular flexibility index (Phi) is 9.90. The van der Waals surface area contributed by atoms with Gasteiger partial charge in [-0.3, -0.25) is 13.9 Å². The van der Waals surface area contributed by atoms with E-state index in [1.165, 1.54) is 24.1 Å². The molecule has 0 aromatic heterocycles. The minimum Gasteiger partial charge on any atom is -0.497 e. The average molecular weight is 538 g/mol. The van der Waals surface area contributed by atoms with Gasteiger partial charge in [0.2, 0.25) is 11.8 Å². The number of methoxy groups -OCH3 is 1. The number of hydrogen-bond donors (Lipinski definition) is 1. The van der Waals surface area contributed by atoms with Gasteiger partial charge in [0, 0.05) is 13.1 Å². The Hall–Kier alpha value is -3.85. The van der Waals surface area contributed by atoms with Gasteiger partial charge in [0.1, 0.15) is 18.3 Å². The smallest absolute Gasteiger partial charge is 0.264 e. The lowest BCUT2D eigenvalue weighted by molar-refractivity contribution is -0.138. The monoisotopic (exact) mass is 537 g/mol. The van der Waals surface area contributed by atoms with Gasteiger partial charge in [-0.05, 0) is 69.2 Å². The average Bonchev–Trinajstić information content (AvgIpc) is 2.93. The van der Waals surface area contributed by atoms with E-state index in [2.05, 4.69) is 5.32 Å². The Balaban J connectivity index is 1.96. The molecule has 0 fully saturated rings. The molecule has 8 nitrogen and oxygen atoms in total. The molecule has 3 aromatic rings. The molecule has 0 aliphatic heterocycles. The predicted molar refractivity (Wildman–Crippen MR) is 149 cm³/mol. The number of carbonyl (C=O) groups excluding carboxylic acids is 2. The zero-order valence-electron chi connectivity index (χ0n) is 22.3. The third-order valence-electron chi connectivity index (χ3n) is 6.25. The van der Waals surface area contributed by atoms with E-state index in [0.29, 0.717) is 24.4 Å². The van der Waals surface area contributed by atoms with Crippen LogP contribution in [0.1, 0.15) is 25.0 Å². The van der Waals surface area contributed by atoms with Gasteiger partial charge >= 0.3 is 0 Å². The summed E-state index contributed by atoms with van der Waals surface area (Å²) in [6.45, 7) is 5.58. The first-order chi connectivity index (χ1) is 18.2. The summed E-state index contributed by atoms with van der Waals surface area (Å²) >= 11 is 0. The van der Waals surface area contributed by atoms with Crippen molar-refractivity contribution in [1.29, 1.82) is 0 Å². The van der Waals surface area contributed by atoms with Crippen LogP contribution in [0.25, 0.3) is 0 Å². The van der Waals surface area contributed by atoms with Crippen molar-refractivity contribution in [2.24, 2.45) is 0 Å². The van der Waals surface area contributed by atoms with Crippen LogP contribution in [0.3, 0.4) is 0 Å². The van der Waals surface area contributed by atoms with Crippen molar-refractivity contribution < 1.29 is 22.7 Å². The second kappa shape index (κ2) is 13.1. The summed E-state index contributed by atoms with van der Waals surface area (Å²) in [7, 11) is -2.61. The van der Waals surface area contributed by atoms with Crippen molar-refractivity contribution in [2.75, 3.05) is 31.0 Å². The molecule has 0 unspecified atom stereocenters. The van der Waals surface area contributed by atoms with Crippen molar-refractivity contribution in [3.63, 3.8) is 0 Å². The molecule has 0 spiro atoms. The number of benzene rings is 3. The Morgan fingerprint density at radius 1 is 0.947 bits per heavy atom. The van der Waals surface area contributed by atoms with Crippen LogP contribution in [0.2, 0.25) is 0 Å². The third-order valence-corrected chi connectivity index (χ3v) is 8.04. The quantitative estimate of drug-likeness (QED) is 0.379. The number of rotatable bonds is 12. The summed E-state index contributed by atoms with van der Waals surface area (Å²) in [4.78, 5) is 28.0. The van der Waals surface area contributed by atoms with Gasteiger partial charge in [0.05, 0.1) is 17.7 Å². The van der Waals surface area contributed by atoms with Crippen LogP contribution in [0.4, 0.5) is 5.69 Å². The molecule has 3 rings (SSSR count). The van der Waals surface area contributed by atoms with Crippen LogP contribution in [0, 0.1) is 6.92 Å². The van der Waals surface area contributed by atoms with Crippen molar-refractivity contribution in [1.82, 2.24) is 10.2 Å². The van der Waals surface area contributed by atoms with Gasteiger partial charge < -0.3 is 15.0 Å². The van der Waals surface area contributed by atoms with Crippen LogP contribution >= 0.6 is 0 Å². The number of amides is 2. The lowest BCUT2D eigenvalue weighted by Crippen LogP contribution is -2.52. The highest BCUT2D eigenvalue weighted by Gasteiger charge is 2.32. The van der Waals surface area contributed by atoms with E-state index in [9.17, 15) is 18.0 Å². The molecule has 1 atom stereocenters. The lowest BCUT2D eigenvalue weighted by Gasteiger charge is -2.32. The highest BCUT2D eigenvalue weighted by Crippen LogP contribution is 2.26. The lowest BCUT2D eigenvalue weighted by atomic mass is 10.1. The van der Waals surface area contributed by atoms with E-state index < -0.39 is 28.5 Å². The maximum Gasteiger partial charge on any atom is 0.264 e. The largest absolute Gasteiger partial charge is 0.497 e. The number of nitrogens with one attached hydrogen (secondary N) is 1. The number of nitrogens with zero attached hydrogens (tertiary/aromatic N) is 2. The first-order valence-corrected chi connectivity index (χ1v) is 14.0. The van der Waals surface area contributed by atoms with E-state index in [0.717, 1.165) is 15.4 Å². The fourth-order valence-electron chi connectivity index (χ4n) is 4.01. The van der Waals surface area contributed by atoms with E-state index in [1.807, 2.05) is 37.3 Å². The highest BCUT2D eigenvalue weighted by molar-refractivity contribution is 7.92. The molecule has 9 heteroatoms. The third kappa shape index (κ3) is 7.13. The van der Waals surface area contributed by atoms with E-state index in [1.54, 1.807) is 50.2 Å². The van der Waals surface area contributed by atoms with E-state index in [-0.39, 0.29) is 17.3 Å². The van der Waals surface area contributed by atoms with Crippen molar-refractivity contribution in [2.45, 2.75) is 38.1 Å². The molecule has 0 radical (unpaired) electrons. The van der Waals surface area contributed by atoms with Crippen molar-refractivity contribution in [3.8, 4) is 5.75 Å². The molecule has 0 heterocycles. The molecule has 0 saturated carbocycles. The molecule has 3 aromatic carbocycles. The van der Waals surface area contributed by atoms with Crippen LogP contribution < -0.4 is 14.4 Å². The topological polar surface area (TPSA) is 96.0 Å². The summed E-state index contributed by atoms with van der Waals surface area (Å²) < 4.78 is 33.8. The predicted octanol–water partition coefficient (Wildman–Crippen LogP) is 3.79. The summed E-state index contributed by atoms with van der Waals surface area (Å²) in [5, 5.41) is 2.76. The van der Waals surface area contributed by atoms with Gasteiger partial charge in [0.15, 0.2) is 0 Å². The maximum absolute atomic E-state index is 13.8. The van der Waals surface area contributed by atoms with Crippen LogP contribution in [0.5, 0.6) is 5.75 Å². The number of hydrogen-bond acceptors (Lipinski definition) is 5. The van der Waals surface area contributed by atoms with Crippen LogP contribution in [-0.2, 0) is 26.0 Å². The first-order valence-electron chi connectivity index (χ1n) is 12.5. The second-order valence-corrected chi connectivity index (χ2v) is 10.8. The number of likely N-dealkylation sites (N-methyl/N-ethyl adjacent to an activating group) is 1. The minimum absolute atomic E-state index is 0.0271. The Morgan fingerprint density at radius 3 is 2.16 bits per heavy atom. The van der Waals surface area contributed by atoms with Gasteiger partial charge in [0.25, 0.3) is 10.0 Å². The Morgan fingerprint density at radius 2 is 1.58 bits per heavy atom. The van der Waals surface area contributed by atoms with Gasteiger partial charge in [-0.1, -0.05) is 48.0 Å². The number of aryl methyl sites for hydroxylation is 1. The molecule has 1 N–H and O–H groups in total.